The summed E-state index contributed by atoms with van der Waals surface area (Å²) in [5.74, 6) is 0. The molecule has 1 aromatic carbocycles. The molecule has 1 aliphatic heterocycles. The Kier molecular flexibility index (Phi) is 2.49. The summed E-state index contributed by atoms with van der Waals surface area (Å²) in [4.78, 5) is 0. The van der Waals surface area contributed by atoms with Crippen molar-refractivity contribution in [2.45, 2.75) is 44.1 Å². The molecule has 0 bridgehead atoms. The van der Waals surface area contributed by atoms with Crippen molar-refractivity contribution >= 4 is 10.9 Å². The number of nitrogens with zero attached hydrogens (tertiary/aromatic N) is 1. The Morgan fingerprint density at radius 1 is 1.26 bits per heavy atom. The largest absolute Gasteiger partial charge is 0.347 e. The second-order valence-corrected chi connectivity index (χ2v) is 6.35. The number of aromatic nitrogens is 1. The summed E-state index contributed by atoms with van der Waals surface area (Å²) < 4.78 is 2.43. The molecule has 0 amide bonds. The fourth-order valence-corrected chi connectivity index (χ4v) is 4.07. The van der Waals surface area contributed by atoms with Crippen LogP contribution in [-0.2, 0) is 18.4 Å². The summed E-state index contributed by atoms with van der Waals surface area (Å²) >= 11 is 0. The van der Waals surface area contributed by atoms with Crippen LogP contribution in [0.1, 0.15) is 36.8 Å². The molecule has 1 aliphatic carbocycles. The SMILES string of the molecule is CNCC1(c2cc3c4c(ccn4CCC3)c2)CCC1. The third-order valence-electron chi connectivity index (χ3n) is 5.22. The zero-order valence-electron chi connectivity index (χ0n) is 11.7. The first-order chi connectivity index (χ1) is 9.32. The summed E-state index contributed by atoms with van der Waals surface area (Å²) in [6, 6.07) is 7.27. The Bertz CT molecular complexity index is 619. The lowest BCUT2D eigenvalue weighted by Crippen LogP contribution is -2.42. The van der Waals surface area contributed by atoms with Gasteiger partial charge in [-0.15, -0.1) is 0 Å². The van der Waals surface area contributed by atoms with Crippen LogP contribution in [0.5, 0.6) is 0 Å². The minimum absolute atomic E-state index is 0.416. The molecule has 2 aliphatic rings. The summed E-state index contributed by atoms with van der Waals surface area (Å²) in [7, 11) is 2.08. The molecule has 2 heterocycles. The van der Waals surface area contributed by atoms with Crippen LogP contribution in [0.15, 0.2) is 24.4 Å². The molecule has 0 atom stereocenters. The van der Waals surface area contributed by atoms with Crippen molar-refractivity contribution < 1.29 is 0 Å². The minimum atomic E-state index is 0.416. The smallest absolute Gasteiger partial charge is 0.0513 e. The molecule has 2 heteroatoms. The molecule has 1 fully saturated rings. The van der Waals surface area contributed by atoms with Crippen molar-refractivity contribution in [2.24, 2.45) is 0 Å². The van der Waals surface area contributed by atoms with Gasteiger partial charge in [-0.3, -0.25) is 0 Å². The lowest BCUT2D eigenvalue weighted by atomic mass is 9.64. The standard InChI is InChI=1S/C17H22N2/c1-18-12-17(6-3-7-17)15-10-13-4-2-8-19-9-5-14(11-15)16(13)19/h5,9-11,18H,2-4,6-8,12H2,1H3. The van der Waals surface area contributed by atoms with E-state index in [4.69, 9.17) is 0 Å². The summed E-state index contributed by atoms with van der Waals surface area (Å²) in [5.41, 5.74) is 5.06. The van der Waals surface area contributed by atoms with E-state index in [1.807, 2.05) is 0 Å². The van der Waals surface area contributed by atoms with Gasteiger partial charge in [0.25, 0.3) is 0 Å². The van der Waals surface area contributed by atoms with E-state index in [1.54, 1.807) is 11.1 Å². The van der Waals surface area contributed by atoms with E-state index in [0.29, 0.717) is 5.41 Å². The van der Waals surface area contributed by atoms with Crippen LogP contribution in [0, 0.1) is 0 Å². The molecular weight excluding hydrogens is 232 g/mol. The molecule has 19 heavy (non-hydrogen) atoms. The van der Waals surface area contributed by atoms with Crippen LogP contribution in [0.4, 0.5) is 0 Å². The third-order valence-corrected chi connectivity index (χ3v) is 5.22. The Hall–Kier alpha value is -1.28. The van der Waals surface area contributed by atoms with Crippen molar-refractivity contribution in [2.75, 3.05) is 13.6 Å². The van der Waals surface area contributed by atoms with Gasteiger partial charge < -0.3 is 9.88 Å². The van der Waals surface area contributed by atoms with Crippen LogP contribution in [0.2, 0.25) is 0 Å². The molecule has 0 unspecified atom stereocenters. The maximum absolute atomic E-state index is 3.41. The molecule has 0 radical (unpaired) electrons. The number of hydrogen-bond donors (Lipinski definition) is 1. The number of rotatable bonds is 3. The van der Waals surface area contributed by atoms with E-state index >= 15 is 0 Å². The van der Waals surface area contributed by atoms with Crippen LogP contribution in [-0.4, -0.2) is 18.2 Å². The minimum Gasteiger partial charge on any atom is -0.347 e. The van der Waals surface area contributed by atoms with Gasteiger partial charge in [-0.05, 0) is 56.0 Å². The van der Waals surface area contributed by atoms with Gasteiger partial charge in [-0.1, -0.05) is 12.5 Å². The van der Waals surface area contributed by atoms with Gasteiger partial charge in [0.1, 0.15) is 0 Å². The second-order valence-electron chi connectivity index (χ2n) is 6.35. The zero-order valence-corrected chi connectivity index (χ0v) is 11.7. The molecule has 1 aromatic heterocycles. The summed E-state index contributed by atoms with van der Waals surface area (Å²) in [5, 5.41) is 4.86. The average molecular weight is 254 g/mol. The molecule has 2 aromatic rings. The van der Waals surface area contributed by atoms with Crippen molar-refractivity contribution in [1.82, 2.24) is 9.88 Å². The van der Waals surface area contributed by atoms with Gasteiger partial charge in [0.15, 0.2) is 0 Å². The molecule has 100 valence electrons. The molecule has 4 rings (SSSR count). The van der Waals surface area contributed by atoms with Crippen molar-refractivity contribution in [3.8, 4) is 0 Å². The first-order valence-corrected chi connectivity index (χ1v) is 7.59. The Labute approximate surface area is 114 Å². The van der Waals surface area contributed by atoms with Gasteiger partial charge in [-0.2, -0.15) is 0 Å². The Morgan fingerprint density at radius 2 is 2.16 bits per heavy atom. The molecule has 0 spiro atoms. The first kappa shape index (κ1) is 11.5. The highest BCUT2D eigenvalue weighted by Gasteiger charge is 2.38. The van der Waals surface area contributed by atoms with Gasteiger partial charge in [-0.25, -0.2) is 0 Å². The van der Waals surface area contributed by atoms with Crippen LogP contribution < -0.4 is 5.32 Å². The number of benzene rings is 1. The maximum Gasteiger partial charge on any atom is 0.0513 e. The van der Waals surface area contributed by atoms with Crippen LogP contribution >= 0.6 is 0 Å². The summed E-state index contributed by atoms with van der Waals surface area (Å²) in [6.07, 6.45) is 8.89. The number of hydrogen-bond acceptors (Lipinski definition) is 1. The normalized spacial score (nSPS) is 20.5. The van der Waals surface area contributed by atoms with E-state index in [0.717, 1.165) is 6.54 Å². The van der Waals surface area contributed by atoms with Gasteiger partial charge in [0.05, 0.1) is 5.52 Å². The van der Waals surface area contributed by atoms with Crippen molar-refractivity contribution in [3.05, 3.63) is 35.5 Å². The molecule has 1 saturated carbocycles. The second kappa shape index (κ2) is 4.11. The fourth-order valence-electron chi connectivity index (χ4n) is 4.07. The topological polar surface area (TPSA) is 17.0 Å². The fraction of sp³-hybridized carbons (Fsp3) is 0.529. The monoisotopic (exact) mass is 254 g/mol. The highest BCUT2D eigenvalue weighted by Crippen LogP contribution is 2.45. The van der Waals surface area contributed by atoms with Gasteiger partial charge in [0.2, 0.25) is 0 Å². The number of likely N-dealkylation sites (N-methyl/N-ethyl adjacent to an activating group) is 1. The maximum atomic E-state index is 3.41. The first-order valence-electron chi connectivity index (χ1n) is 7.59. The van der Waals surface area contributed by atoms with E-state index in [9.17, 15) is 0 Å². The Balaban J connectivity index is 1.87. The average Bonchev–Trinajstić information content (AvgIpc) is 2.79. The predicted octanol–water partition coefficient (Wildman–Crippen LogP) is 3.23. The highest BCUT2D eigenvalue weighted by atomic mass is 15.0. The lowest BCUT2D eigenvalue weighted by molar-refractivity contribution is 0.239. The van der Waals surface area contributed by atoms with Crippen molar-refractivity contribution in [3.63, 3.8) is 0 Å². The van der Waals surface area contributed by atoms with E-state index in [-0.39, 0.29) is 0 Å². The Morgan fingerprint density at radius 3 is 2.89 bits per heavy atom. The van der Waals surface area contributed by atoms with Crippen LogP contribution in [0.3, 0.4) is 0 Å². The van der Waals surface area contributed by atoms with E-state index in [2.05, 4.69) is 41.3 Å². The number of nitrogens with one attached hydrogen (secondary N) is 1. The lowest BCUT2D eigenvalue weighted by Gasteiger charge is -2.43. The zero-order chi connectivity index (χ0) is 12.9. The molecular formula is C17H22N2. The summed E-state index contributed by atoms with van der Waals surface area (Å²) in [6.45, 7) is 2.32. The van der Waals surface area contributed by atoms with Gasteiger partial charge in [0, 0.05) is 30.1 Å². The molecule has 2 nitrogen and oxygen atoms in total. The predicted molar refractivity (Wildman–Crippen MR) is 79.7 cm³/mol. The number of aryl methyl sites for hydroxylation is 2. The molecule has 1 N–H and O–H groups in total. The van der Waals surface area contributed by atoms with Crippen molar-refractivity contribution in [1.29, 1.82) is 0 Å². The van der Waals surface area contributed by atoms with Gasteiger partial charge >= 0.3 is 0 Å². The van der Waals surface area contributed by atoms with E-state index < -0.39 is 0 Å². The van der Waals surface area contributed by atoms with E-state index in [1.165, 1.54) is 49.6 Å². The van der Waals surface area contributed by atoms with Crippen LogP contribution in [0.25, 0.3) is 10.9 Å². The molecule has 0 saturated heterocycles. The third kappa shape index (κ3) is 1.59. The highest BCUT2D eigenvalue weighted by molar-refractivity contribution is 5.85. The quantitative estimate of drug-likeness (QED) is 0.890.